The van der Waals surface area contributed by atoms with E-state index >= 15 is 0 Å². The molecule has 0 saturated carbocycles. The molecule has 2 aliphatic rings. The van der Waals surface area contributed by atoms with Gasteiger partial charge in [0, 0.05) is 34.7 Å². The second-order valence-electron chi connectivity index (χ2n) is 7.53. The maximum Gasteiger partial charge on any atom is 0.231 e. The first-order chi connectivity index (χ1) is 14.7. The third-order valence-electron chi connectivity index (χ3n) is 5.77. The van der Waals surface area contributed by atoms with E-state index in [0.717, 1.165) is 16.8 Å². The minimum Gasteiger partial charge on any atom is -0.504 e. The van der Waals surface area contributed by atoms with E-state index in [1.165, 1.54) is 0 Å². The molecule has 5 rings (SSSR count). The van der Waals surface area contributed by atoms with Gasteiger partial charge in [-0.2, -0.15) is 0 Å². The number of fused-ring (bicyclic) bond motifs is 2. The molecule has 2 aliphatic heterocycles. The van der Waals surface area contributed by atoms with Crippen LogP contribution in [0.25, 0.3) is 0 Å². The Morgan fingerprint density at radius 3 is 2.47 bits per heavy atom. The molecule has 0 aliphatic carbocycles. The molecule has 6 heteroatoms. The number of ether oxygens (including phenoxy) is 4. The van der Waals surface area contributed by atoms with Gasteiger partial charge in [0.05, 0.1) is 7.11 Å². The van der Waals surface area contributed by atoms with E-state index in [1.54, 1.807) is 13.2 Å². The zero-order valence-corrected chi connectivity index (χ0v) is 16.8. The molecule has 0 bridgehead atoms. The van der Waals surface area contributed by atoms with Gasteiger partial charge in [0.15, 0.2) is 29.2 Å². The highest BCUT2D eigenvalue weighted by molar-refractivity contribution is 5.59. The van der Waals surface area contributed by atoms with Gasteiger partial charge in [-0.05, 0) is 24.3 Å². The van der Waals surface area contributed by atoms with Crippen LogP contribution in [0, 0.1) is 5.92 Å². The van der Waals surface area contributed by atoms with Crippen LogP contribution in [0.4, 0.5) is 5.69 Å². The van der Waals surface area contributed by atoms with Gasteiger partial charge in [-0.15, -0.1) is 0 Å². The molecule has 0 fully saturated rings. The van der Waals surface area contributed by atoms with Crippen LogP contribution in [-0.2, 0) is 0 Å². The van der Waals surface area contributed by atoms with E-state index in [2.05, 4.69) is 12.2 Å². The van der Waals surface area contributed by atoms with Crippen molar-refractivity contribution < 1.29 is 24.1 Å². The maximum absolute atomic E-state index is 10.9. The van der Waals surface area contributed by atoms with Gasteiger partial charge < -0.3 is 29.4 Å². The van der Waals surface area contributed by atoms with Crippen molar-refractivity contribution in [3.8, 4) is 28.7 Å². The second-order valence-corrected chi connectivity index (χ2v) is 7.53. The normalized spacial score (nSPS) is 21.5. The van der Waals surface area contributed by atoms with Crippen molar-refractivity contribution in [2.45, 2.75) is 19.1 Å². The van der Waals surface area contributed by atoms with Crippen molar-refractivity contribution in [2.24, 2.45) is 5.92 Å². The highest BCUT2D eigenvalue weighted by atomic mass is 16.7. The largest absolute Gasteiger partial charge is 0.504 e. The second kappa shape index (κ2) is 7.37. The van der Waals surface area contributed by atoms with E-state index in [4.69, 9.17) is 18.9 Å². The Labute approximate surface area is 175 Å². The highest BCUT2D eigenvalue weighted by Gasteiger charge is 2.39. The molecular formula is C24H23NO5. The van der Waals surface area contributed by atoms with Gasteiger partial charge in [0.25, 0.3) is 0 Å². The predicted molar refractivity (Wildman–Crippen MR) is 113 cm³/mol. The Bertz CT molecular complexity index is 1070. The summed E-state index contributed by atoms with van der Waals surface area (Å²) < 4.78 is 22.9. The summed E-state index contributed by atoms with van der Waals surface area (Å²) in [7, 11) is 1.55. The number of rotatable bonds is 4. The number of para-hydroxylation sites is 2. The SMILES string of the molecule is COc1cccc([C@@H]2c3cc4c(cc3O[C@H](Nc3ccccc3)[C@@H]2C)OCO4)c1O. The highest BCUT2D eigenvalue weighted by Crippen LogP contribution is 2.51. The first-order valence-corrected chi connectivity index (χ1v) is 9.93. The number of phenolic OH excluding ortho intramolecular Hbond substituents is 1. The van der Waals surface area contributed by atoms with Crippen LogP contribution in [0.15, 0.2) is 60.7 Å². The monoisotopic (exact) mass is 405 g/mol. The molecule has 0 aromatic heterocycles. The number of methoxy groups -OCH3 is 1. The van der Waals surface area contributed by atoms with Crippen LogP contribution in [0.5, 0.6) is 28.7 Å². The van der Waals surface area contributed by atoms with Gasteiger partial charge in [-0.25, -0.2) is 0 Å². The van der Waals surface area contributed by atoms with Crippen molar-refractivity contribution in [2.75, 3.05) is 19.2 Å². The molecule has 3 atom stereocenters. The summed E-state index contributed by atoms with van der Waals surface area (Å²) in [5.74, 6) is 2.50. The van der Waals surface area contributed by atoms with Crippen LogP contribution >= 0.6 is 0 Å². The van der Waals surface area contributed by atoms with Gasteiger partial charge in [-0.1, -0.05) is 37.3 Å². The fourth-order valence-corrected chi connectivity index (χ4v) is 4.25. The number of aromatic hydroxyl groups is 1. The fourth-order valence-electron chi connectivity index (χ4n) is 4.25. The minimum absolute atomic E-state index is 0.00363. The minimum atomic E-state index is -0.309. The first kappa shape index (κ1) is 18.5. The lowest BCUT2D eigenvalue weighted by molar-refractivity contribution is 0.133. The van der Waals surface area contributed by atoms with Crippen LogP contribution in [0.2, 0.25) is 0 Å². The Hall–Kier alpha value is -3.54. The average Bonchev–Trinajstić information content (AvgIpc) is 3.22. The first-order valence-electron chi connectivity index (χ1n) is 9.93. The molecule has 0 spiro atoms. The van der Waals surface area contributed by atoms with Crippen molar-refractivity contribution >= 4 is 5.69 Å². The molecular weight excluding hydrogens is 382 g/mol. The summed E-state index contributed by atoms with van der Waals surface area (Å²) in [6.45, 7) is 2.30. The molecule has 3 aromatic rings. The van der Waals surface area contributed by atoms with E-state index in [1.807, 2.05) is 54.6 Å². The third kappa shape index (κ3) is 3.05. The standard InChI is InChI=1S/C24H23NO5/c1-14-22(16-9-6-10-18(27-2)23(16)26)17-11-20-21(29-13-28-20)12-19(17)30-24(14)25-15-7-4-3-5-8-15/h3-12,14,22,24-26H,13H2,1-2H3/t14-,22-,24+/m1/s1. The van der Waals surface area contributed by atoms with Crippen molar-refractivity contribution in [1.29, 1.82) is 0 Å². The molecule has 154 valence electrons. The van der Waals surface area contributed by atoms with Crippen LogP contribution in [0.1, 0.15) is 24.0 Å². The van der Waals surface area contributed by atoms with Crippen LogP contribution in [0.3, 0.4) is 0 Å². The molecule has 2 heterocycles. The van der Waals surface area contributed by atoms with Gasteiger partial charge >= 0.3 is 0 Å². The topological polar surface area (TPSA) is 69.2 Å². The molecule has 3 aromatic carbocycles. The summed E-state index contributed by atoms with van der Waals surface area (Å²) in [6, 6.07) is 19.3. The lowest BCUT2D eigenvalue weighted by Gasteiger charge is -2.39. The Morgan fingerprint density at radius 1 is 0.933 bits per heavy atom. The quantitative estimate of drug-likeness (QED) is 0.654. The maximum atomic E-state index is 10.9. The van der Waals surface area contributed by atoms with E-state index in [-0.39, 0.29) is 30.6 Å². The van der Waals surface area contributed by atoms with Gasteiger partial charge in [0.2, 0.25) is 6.79 Å². The number of hydrogen-bond acceptors (Lipinski definition) is 6. The molecule has 30 heavy (non-hydrogen) atoms. The summed E-state index contributed by atoms with van der Waals surface area (Å²) in [5.41, 5.74) is 2.69. The summed E-state index contributed by atoms with van der Waals surface area (Å²) >= 11 is 0. The number of benzene rings is 3. The fraction of sp³-hybridized carbons (Fsp3) is 0.250. The Morgan fingerprint density at radius 2 is 1.70 bits per heavy atom. The number of hydrogen-bond donors (Lipinski definition) is 2. The van der Waals surface area contributed by atoms with Crippen LogP contribution in [-0.4, -0.2) is 25.2 Å². The Balaban J connectivity index is 1.62. The van der Waals surface area contributed by atoms with Crippen molar-refractivity contribution in [3.63, 3.8) is 0 Å². The van der Waals surface area contributed by atoms with E-state index in [0.29, 0.717) is 23.0 Å². The predicted octanol–water partition coefficient (Wildman–Crippen LogP) is 4.73. The molecule has 0 radical (unpaired) electrons. The molecule has 6 nitrogen and oxygen atoms in total. The molecule has 2 N–H and O–H groups in total. The van der Waals surface area contributed by atoms with Crippen molar-refractivity contribution in [3.05, 3.63) is 71.8 Å². The van der Waals surface area contributed by atoms with E-state index < -0.39 is 0 Å². The van der Waals surface area contributed by atoms with Crippen LogP contribution < -0.4 is 24.3 Å². The summed E-state index contributed by atoms with van der Waals surface area (Å²) in [4.78, 5) is 0. The van der Waals surface area contributed by atoms with Gasteiger partial charge in [0.1, 0.15) is 5.75 Å². The zero-order valence-electron chi connectivity index (χ0n) is 16.8. The molecule has 0 unspecified atom stereocenters. The van der Waals surface area contributed by atoms with Crippen molar-refractivity contribution in [1.82, 2.24) is 0 Å². The Kier molecular flexibility index (Phi) is 4.54. The van der Waals surface area contributed by atoms with Gasteiger partial charge in [-0.3, -0.25) is 0 Å². The number of anilines is 1. The zero-order chi connectivity index (χ0) is 20.7. The summed E-state index contributed by atoms with van der Waals surface area (Å²) in [6.07, 6.45) is -0.309. The third-order valence-corrected chi connectivity index (χ3v) is 5.77. The average molecular weight is 405 g/mol. The number of phenols is 1. The number of nitrogens with one attached hydrogen (secondary N) is 1. The summed E-state index contributed by atoms with van der Waals surface area (Å²) in [5, 5.41) is 14.4. The lowest BCUT2D eigenvalue weighted by Crippen LogP contribution is -2.40. The molecule has 0 amide bonds. The smallest absolute Gasteiger partial charge is 0.231 e. The van der Waals surface area contributed by atoms with E-state index in [9.17, 15) is 5.11 Å². The molecule has 0 saturated heterocycles. The lowest BCUT2D eigenvalue weighted by atomic mass is 9.78.